The minimum atomic E-state index is -0.267. The smallest absolute Gasteiger partial charge is 0.248 e. The fourth-order valence-corrected chi connectivity index (χ4v) is 2.31. The fourth-order valence-electron chi connectivity index (χ4n) is 1.81. The zero-order valence-electron chi connectivity index (χ0n) is 12.3. The summed E-state index contributed by atoms with van der Waals surface area (Å²) in [5, 5.41) is 5.67. The van der Waals surface area contributed by atoms with Crippen LogP contribution < -0.4 is 10.6 Å². The van der Waals surface area contributed by atoms with Gasteiger partial charge in [-0.3, -0.25) is 9.59 Å². The summed E-state index contributed by atoms with van der Waals surface area (Å²) >= 11 is 9.41. The van der Waals surface area contributed by atoms with E-state index in [4.69, 9.17) is 11.6 Å². The van der Waals surface area contributed by atoms with Gasteiger partial charge in [0.05, 0.1) is 10.7 Å². The summed E-state index contributed by atoms with van der Waals surface area (Å²) in [4.78, 5) is 22.9. The fraction of sp³-hybridized carbons (Fsp3) is 0.0588. The molecule has 0 unspecified atom stereocenters. The summed E-state index contributed by atoms with van der Waals surface area (Å²) in [6.45, 7) is 1.40. The first-order valence-corrected chi connectivity index (χ1v) is 7.93. The van der Waals surface area contributed by atoms with Crippen LogP contribution in [0.25, 0.3) is 6.08 Å². The number of hydrogen-bond donors (Lipinski definition) is 2. The number of carbonyl (C=O) groups excluding carboxylic acids is 2. The highest BCUT2D eigenvalue weighted by Crippen LogP contribution is 2.25. The lowest BCUT2D eigenvalue weighted by Gasteiger charge is -2.07. The van der Waals surface area contributed by atoms with Gasteiger partial charge in [0.15, 0.2) is 0 Å². The Hall–Kier alpha value is -2.11. The highest BCUT2D eigenvalue weighted by Gasteiger charge is 2.05. The number of anilines is 2. The molecule has 0 heterocycles. The third kappa shape index (κ3) is 5.54. The zero-order chi connectivity index (χ0) is 16.8. The molecule has 0 radical (unpaired) electrons. The Balaban J connectivity index is 2.01. The molecule has 2 aromatic rings. The number of hydrogen-bond acceptors (Lipinski definition) is 2. The molecule has 4 nitrogen and oxygen atoms in total. The molecule has 2 amide bonds. The third-order valence-electron chi connectivity index (χ3n) is 2.84. The molecule has 0 fully saturated rings. The minimum Gasteiger partial charge on any atom is -0.325 e. The molecule has 2 rings (SSSR count). The molecule has 0 aliphatic carbocycles. The van der Waals surface area contributed by atoms with Gasteiger partial charge in [0.2, 0.25) is 11.8 Å². The summed E-state index contributed by atoms with van der Waals surface area (Å²) in [7, 11) is 0. The minimum absolute atomic E-state index is 0.207. The molecule has 118 valence electrons. The molecule has 0 bridgehead atoms. The van der Waals surface area contributed by atoms with E-state index in [-0.39, 0.29) is 11.8 Å². The molecule has 6 heteroatoms. The number of amides is 2. The first-order valence-electron chi connectivity index (χ1n) is 6.76. The van der Waals surface area contributed by atoms with Crippen molar-refractivity contribution in [2.45, 2.75) is 6.92 Å². The average molecular weight is 394 g/mol. The summed E-state index contributed by atoms with van der Waals surface area (Å²) in [5.41, 5.74) is 1.97. The van der Waals surface area contributed by atoms with Crippen LogP contribution in [-0.2, 0) is 9.59 Å². The molecule has 0 saturated heterocycles. The Morgan fingerprint density at radius 3 is 2.39 bits per heavy atom. The SMILES string of the molecule is CC(=O)Nc1ccc(NC(=O)/C=C/c2ccc(Br)cc2)cc1Cl. The van der Waals surface area contributed by atoms with Crippen molar-refractivity contribution >= 4 is 56.8 Å². The van der Waals surface area contributed by atoms with Crippen molar-refractivity contribution < 1.29 is 9.59 Å². The van der Waals surface area contributed by atoms with Crippen LogP contribution in [0.4, 0.5) is 11.4 Å². The molecular weight excluding hydrogens is 380 g/mol. The highest BCUT2D eigenvalue weighted by molar-refractivity contribution is 9.10. The number of nitrogens with one attached hydrogen (secondary N) is 2. The quantitative estimate of drug-likeness (QED) is 0.739. The van der Waals surface area contributed by atoms with Crippen molar-refractivity contribution in [2.75, 3.05) is 10.6 Å². The molecule has 0 atom stereocenters. The van der Waals surface area contributed by atoms with Crippen LogP contribution in [0.2, 0.25) is 5.02 Å². The maximum absolute atomic E-state index is 11.9. The van der Waals surface area contributed by atoms with E-state index in [0.29, 0.717) is 16.4 Å². The van der Waals surface area contributed by atoms with Gasteiger partial charge in [-0.2, -0.15) is 0 Å². The topological polar surface area (TPSA) is 58.2 Å². The molecule has 23 heavy (non-hydrogen) atoms. The van der Waals surface area contributed by atoms with Crippen molar-refractivity contribution in [1.82, 2.24) is 0 Å². The first-order chi connectivity index (χ1) is 10.9. The predicted octanol–water partition coefficient (Wildman–Crippen LogP) is 4.71. The Kier molecular flexibility index (Phi) is 5.96. The highest BCUT2D eigenvalue weighted by atomic mass is 79.9. The molecule has 0 aliphatic heterocycles. The van der Waals surface area contributed by atoms with Gasteiger partial charge in [0.25, 0.3) is 0 Å². The molecule has 2 N–H and O–H groups in total. The van der Waals surface area contributed by atoms with Crippen LogP contribution in [0.15, 0.2) is 53.0 Å². The standard InChI is InChI=1S/C17H14BrClN2O2/c1-11(22)20-16-8-7-14(10-15(16)19)21-17(23)9-4-12-2-5-13(18)6-3-12/h2-10H,1H3,(H,20,22)(H,21,23)/b9-4+. The zero-order valence-corrected chi connectivity index (χ0v) is 14.6. The van der Waals surface area contributed by atoms with Gasteiger partial charge in [0, 0.05) is 23.2 Å². The third-order valence-corrected chi connectivity index (χ3v) is 3.69. The van der Waals surface area contributed by atoms with Crippen LogP contribution in [0.5, 0.6) is 0 Å². The Bertz CT molecular complexity index is 758. The molecule has 0 saturated carbocycles. The van der Waals surface area contributed by atoms with Crippen LogP contribution in [0.1, 0.15) is 12.5 Å². The lowest BCUT2D eigenvalue weighted by molar-refractivity contribution is -0.114. The monoisotopic (exact) mass is 392 g/mol. The average Bonchev–Trinajstić information content (AvgIpc) is 2.49. The van der Waals surface area contributed by atoms with Crippen molar-refractivity contribution in [3.8, 4) is 0 Å². The molecular formula is C17H14BrClN2O2. The summed E-state index contributed by atoms with van der Waals surface area (Å²) < 4.78 is 0.980. The van der Waals surface area contributed by atoms with E-state index in [1.165, 1.54) is 13.0 Å². The summed E-state index contributed by atoms with van der Waals surface area (Å²) in [5.74, 6) is -0.475. The van der Waals surface area contributed by atoms with Gasteiger partial charge in [-0.15, -0.1) is 0 Å². The Labute approximate surface area is 147 Å². The molecule has 0 aromatic heterocycles. The van der Waals surface area contributed by atoms with Crippen LogP contribution in [-0.4, -0.2) is 11.8 Å². The van der Waals surface area contributed by atoms with Crippen LogP contribution in [0.3, 0.4) is 0 Å². The number of halogens is 2. The first kappa shape index (κ1) is 17.2. The van der Waals surface area contributed by atoms with Gasteiger partial charge >= 0.3 is 0 Å². The van der Waals surface area contributed by atoms with Crippen LogP contribution in [0, 0.1) is 0 Å². The second-order valence-electron chi connectivity index (χ2n) is 4.75. The predicted molar refractivity (Wildman–Crippen MR) is 97.6 cm³/mol. The lowest BCUT2D eigenvalue weighted by Crippen LogP contribution is -2.09. The second kappa shape index (κ2) is 7.94. The number of carbonyl (C=O) groups is 2. The van der Waals surface area contributed by atoms with E-state index in [0.717, 1.165) is 10.0 Å². The molecule has 2 aromatic carbocycles. The molecule has 0 spiro atoms. The van der Waals surface area contributed by atoms with Crippen LogP contribution >= 0.6 is 27.5 Å². The Morgan fingerprint density at radius 2 is 1.78 bits per heavy atom. The van der Waals surface area contributed by atoms with Crippen molar-refractivity contribution in [3.63, 3.8) is 0 Å². The van der Waals surface area contributed by atoms with E-state index in [1.54, 1.807) is 24.3 Å². The van der Waals surface area contributed by atoms with E-state index in [9.17, 15) is 9.59 Å². The number of benzene rings is 2. The van der Waals surface area contributed by atoms with E-state index in [2.05, 4.69) is 26.6 Å². The molecule has 0 aliphatic rings. The lowest BCUT2D eigenvalue weighted by atomic mass is 10.2. The van der Waals surface area contributed by atoms with Gasteiger partial charge in [0.1, 0.15) is 0 Å². The van der Waals surface area contributed by atoms with Gasteiger partial charge < -0.3 is 10.6 Å². The largest absolute Gasteiger partial charge is 0.325 e. The summed E-state index contributed by atoms with van der Waals surface area (Å²) in [6, 6.07) is 12.5. The van der Waals surface area contributed by atoms with Crippen molar-refractivity contribution in [1.29, 1.82) is 0 Å². The van der Waals surface area contributed by atoms with Gasteiger partial charge in [-0.25, -0.2) is 0 Å². The van der Waals surface area contributed by atoms with Gasteiger partial charge in [-0.1, -0.05) is 39.7 Å². The maximum Gasteiger partial charge on any atom is 0.248 e. The van der Waals surface area contributed by atoms with E-state index < -0.39 is 0 Å². The van der Waals surface area contributed by atoms with Crippen molar-refractivity contribution in [3.05, 3.63) is 63.6 Å². The van der Waals surface area contributed by atoms with E-state index >= 15 is 0 Å². The normalized spacial score (nSPS) is 10.6. The summed E-state index contributed by atoms with van der Waals surface area (Å²) in [6.07, 6.45) is 3.16. The van der Waals surface area contributed by atoms with Gasteiger partial charge in [-0.05, 0) is 42.0 Å². The Morgan fingerprint density at radius 1 is 1.09 bits per heavy atom. The maximum atomic E-state index is 11.9. The number of rotatable bonds is 4. The van der Waals surface area contributed by atoms with E-state index in [1.807, 2.05) is 24.3 Å². The van der Waals surface area contributed by atoms with Crippen molar-refractivity contribution in [2.24, 2.45) is 0 Å². The second-order valence-corrected chi connectivity index (χ2v) is 6.07.